The minimum atomic E-state index is -6.09. The Bertz CT molecular complexity index is 631. The summed E-state index contributed by atoms with van der Waals surface area (Å²) >= 11 is 0. The SMILES string of the molecule is CC(C)(C)OC(=O)N(C(=O)OC(C)(C)C)/C(N)=N/S(=O)(=O)C(F)(F)F. The van der Waals surface area contributed by atoms with E-state index in [9.17, 15) is 31.2 Å². The van der Waals surface area contributed by atoms with Crippen molar-refractivity contribution in [2.24, 2.45) is 10.1 Å². The summed E-state index contributed by atoms with van der Waals surface area (Å²) in [7, 11) is -6.09. The third kappa shape index (κ3) is 7.58. The Balaban J connectivity index is 5.98. The molecule has 2 amide bonds. The van der Waals surface area contributed by atoms with E-state index in [1.54, 1.807) is 0 Å². The highest BCUT2D eigenvalue weighted by molar-refractivity contribution is 7.91. The Morgan fingerprint density at radius 3 is 1.48 bits per heavy atom. The second-order valence-electron chi connectivity index (χ2n) is 6.67. The van der Waals surface area contributed by atoms with E-state index in [0.717, 1.165) is 0 Å². The first-order valence-corrected chi connectivity index (χ1v) is 8.13. The quantitative estimate of drug-likeness (QED) is 0.536. The largest absolute Gasteiger partial charge is 0.518 e. The molecule has 0 aromatic heterocycles. The number of amides is 2. The van der Waals surface area contributed by atoms with Crippen molar-refractivity contribution in [1.82, 2.24) is 4.90 Å². The summed E-state index contributed by atoms with van der Waals surface area (Å²) in [5.41, 5.74) is -2.97. The fraction of sp³-hybridized carbons (Fsp3) is 0.750. The standard InChI is InChI=1S/C12H20F3N3O6S/c1-10(2,3)23-8(19)18(9(20)24-11(4,5)6)7(16)17-25(21,22)12(13,14)15/h1-6H3,(H2,16,17). The monoisotopic (exact) mass is 391 g/mol. The van der Waals surface area contributed by atoms with Crippen LogP contribution < -0.4 is 5.73 Å². The van der Waals surface area contributed by atoms with Crippen LogP contribution in [0.4, 0.5) is 22.8 Å². The number of guanidine groups is 1. The van der Waals surface area contributed by atoms with Gasteiger partial charge in [-0.25, -0.2) is 9.59 Å². The zero-order chi connectivity index (χ0) is 20.4. The number of nitrogens with two attached hydrogens (primary N) is 1. The first kappa shape index (κ1) is 22.9. The molecule has 0 atom stereocenters. The van der Waals surface area contributed by atoms with E-state index in [1.165, 1.54) is 41.5 Å². The zero-order valence-electron chi connectivity index (χ0n) is 14.5. The Morgan fingerprint density at radius 1 is 0.920 bits per heavy atom. The van der Waals surface area contributed by atoms with Gasteiger partial charge in [-0.1, -0.05) is 0 Å². The lowest BCUT2D eigenvalue weighted by Crippen LogP contribution is -2.50. The number of alkyl halides is 3. The molecular formula is C12H20F3N3O6S. The van der Waals surface area contributed by atoms with Crippen molar-refractivity contribution in [3.8, 4) is 0 Å². The van der Waals surface area contributed by atoms with Gasteiger partial charge >= 0.3 is 27.7 Å². The lowest BCUT2D eigenvalue weighted by Gasteiger charge is -2.27. The number of hydrogen-bond donors (Lipinski definition) is 1. The molecule has 0 fully saturated rings. The van der Waals surface area contributed by atoms with Crippen molar-refractivity contribution in [1.29, 1.82) is 0 Å². The highest BCUT2D eigenvalue weighted by atomic mass is 32.2. The van der Waals surface area contributed by atoms with Gasteiger partial charge in [-0.2, -0.15) is 21.6 Å². The average molecular weight is 391 g/mol. The molecule has 25 heavy (non-hydrogen) atoms. The van der Waals surface area contributed by atoms with E-state index >= 15 is 0 Å². The molecule has 0 aromatic rings. The number of hydrogen-bond acceptors (Lipinski definition) is 6. The number of sulfonamides is 1. The van der Waals surface area contributed by atoms with Gasteiger partial charge in [-0.05, 0) is 41.5 Å². The number of carbonyl (C=O) groups excluding carboxylic acids is 2. The van der Waals surface area contributed by atoms with Crippen LogP contribution in [-0.2, 0) is 19.5 Å². The van der Waals surface area contributed by atoms with Crippen molar-refractivity contribution in [3.63, 3.8) is 0 Å². The molecular weight excluding hydrogens is 371 g/mol. The molecule has 2 N–H and O–H groups in total. The molecule has 0 aliphatic carbocycles. The maximum absolute atomic E-state index is 12.4. The van der Waals surface area contributed by atoms with Crippen LogP contribution >= 0.6 is 0 Å². The first-order chi connectivity index (χ1) is 10.8. The van der Waals surface area contributed by atoms with Gasteiger partial charge in [0.1, 0.15) is 11.2 Å². The fourth-order valence-corrected chi connectivity index (χ4v) is 1.52. The Morgan fingerprint density at radius 2 is 1.24 bits per heavy atom. The second-order valence-corrected chi connectivity index (χ2v) is 8.26. The summed E-state index contributed by atoms with van der Waals surface area (Å²) in [5.74, 6) is -1.57. The first-order valence-electron chi connectivity index (χ1n) is 6.69. The summed E-state index contributed by atoms with van der Waals surface area (Å²) in [6.45, 7) is 8.40. The van der Waals surface area contributed by atoms with Crippen molar-refractivity contribution in [3.05, 3.63) is 0 Å². The summed E-state index contributed by atoms with van der Waals surface area (Å²) in [5, 5.41) is 0. The molecule has 0 aliphatic rings. The summed E-state index contributed by atoms with van der Waals surface area (Å²) in [4.78, 5) is 23.8. The molecule has 0 aromatic carbocycles. The van der Waals surface area contributed by atoms with Gasteiger partial charge in [0.2, 0.25) is 5.96 Å². The van der Waals surface area contributed by atoms with Crippen molar-refractivity contribution in [2.45, 2.75) is 58.3 Å². The van der Waals surface area contributed by atoms with Gasteiger partial charge in [0.15, 0.2) is 0 Å². The van der Waals surface area contributed by atoms with Crippen molar-refractivity contribution < 1.29 is 40.7 Å². The molecule has 0 bridgehead atoms. The number of nitrogens with zero attached hydrogens (tertiary/aromatic N) is 2. The van der Waals surface area contributed by atoms with Gasteiger partial charge in [0.25, 0.3) is 0 Å². The molecule has 0 heterocycles. The van der Waals surface area contributed by atoms with Crippen LogP contribution in [0.2, 0.25) is 0 Å². The smallest absolute Gasteiger partial charge is 0.443 e. The van der Waals surface area contributed by atoms with Gasteiger partial charge in [-0.3, -0.25) is 0 Å². The molecule has 0 saturated carbocycles. The maximum Gasteiger partial charge on any atom is 0.518 e. The third-order valence-corrected chi connectivity index (χ3v) is 2.90. The molecule has 0 rings (SSSR count). The number of carbonyl (C=O) groups is 2. The predicted octanol–water partition coefficient (Wildman–Crippen LogP) is 2.32. The third-order valence-electron chi connectivity index (χ3n) is 1.89. The van der Waals surface area contributed by atoms with Crippen molar-refractivity contribution >= 4 is 28.2 Å². The minimum Gasteiger partial charge on any atom is -0.443 e. The summed E-state index contributed by atoms with van der Waals surface area (Å²) in [6, 6.07) is 0. The van der Waals surface area contributed by atoms with Crippen LogP contribution in [0.5, 0.6) is 0 Å². The van der Waals surface area contributed by atoms with Crippen LogP contribution in [0, 0.1) is 0 Å². The Labute approximate surface area is 143 Å². The molecule has 146 valence electrons. The highest BCUT2D eigenvalue weighted by Crippen LogP contribution is 2.25. The van der Waals surface area contributed by atoms with E-state index in [4.69, 9.17) is 15.2 Å². The van der Waals surface area contributed by atoms with Crippen LogP contribution in [0.1, 0.15) is 41.5 Å². The van der Waals surface area contributed by atoms with Gasteiger partial charge in [0, 0.05) is 0 Å². The number of halogens is 3. The highest BCUT2D eigenvalue weighted by Gasteiger charge is 2.47. The topological polar surface area (TPSA) is 128 Å². The summed E-state index contributed by atoms with van der Waals surface area (Å²) in [6.07, 6.45) is -3.11. The van der Waals surface area contributed by atoms with E-state index in [1.807, 2.05) is 0 Å². The molecule has 0 saturated heterocycles. The van der Waals surface area contributed by atoms with Crippen LogP contribution in [0.3, 0.4) is 0 Å². The minimum absolute atomic E-state index is 0.236. The summed E-state index contributed by atoms with van der Waals surface area (Å²) < 4.78 is 71.2. The lowest BCUT2D eigenvalue weighted by atomic mass is 10.2. The average Bonchev–Trinajstić information content (AvgIpc) is 2.20. The van der Waals surface area contributed by atoms with Gasteiger partial charge in [-0.15, -0.1) is 9.30 Å². The van der Waals surface area contributed by atoms with E-state index in [-0.39, 0.29) is 4.90 Å². The number of imide groups is 1. The molecule has 9 nitrogen and oxygen atoms in total. The second kappa shape index (κ2) is 7.06. The lowest BCUT2D eigenvalue weighted by molar-refractivity contribution is -0.0436. The van der Waals surface area contributed by atoms with Crippen LogP contribution in [-0.4, -0.2) is 48.2 Å². The molecule has 0 unspecified atom stereocenters. The van der Waals surface area contributed by atoms with E-state index < -0.39 is 44.9 Å². The number of ether oxygens (including phenoxy) is 2. The predicted molar refractivity (Wildman–Crippen MR) is 80.9 cm³/mol. The molecule has 0 radical (unpaired) electrons. The van der Waals surface area contributed by atoms with Crippen LogP contribution in [0.15, 0.2) is 4.40 Å². The number of rotatable bonds is 1. The molecule has 13 heteroatoms. The molecule has 0 aliphatic heterocycles. The zero-order valence-corrected chi connectivity index (χ0v) is 15.3. The van der Waals surface area contributed by atoms with Gasteiger partial charge < -0.3 is 15.2 Å². The van der Waals surface area contributed by atoms with Crippen molar-refractivity contribution in [2.75, 3.05) is 0 Å². The maximum atomic E-state index is 12.4. The normalized spacial score (nSPS) is 14.0. The van der Waals surface area contributed by atoms with E-state index in [2.05, 4.69) is 4.40 Å². The fourth-order valence-electron chi connectivity index (χ4n) is 1.09. The van der Waals surface area contributed by atoms with Crippen LogP contribution in [0.25, 0.3) is 0 Å². The molecule has 0 spiro atoms. The van der Waals surface area contributed by atoms with E-state index in [0.29, 0.717) is 0 Å². The van der Waals surface area contributed by atoms with Gasteiger partial charge in [0.05, 0.1) is 0 Å². The Hall–Kier alpha value is -2.05. The Kier molecular flexibility index (Phi) is 6.48.